The molecule has 70 valence electrons. The zero-order chi connectivity index (χ0) is 10.2. The summed E-state index contributed by atoms with van der Waals surface area (Å²) in [4.78, 5) is 11.0. The molecule has 0 unspecified atom stereocenters. The molecule has 5 nitrogen and oxygen atoms in total. The zero-order valence-electron chi connectivity index (χ0n) is 7.03. The quantitative estimate of drug-likeness (QED) is 0.218. The first-order valence-corrected chi connectivity index (χ1v) is 3.56. The minimum absolute atomic E-state index is 0.0273. The first kappa shape index (κ1) is 9.18. The molecule has 5 heteroatoms. The maximum absolute atomic E-state index is 11.0. The lowest BCUT2D eigenvalue weighted by Gasteiger charge is -2.08. The number of nitrogen functional groups attached to an aromatic ring is 2. The number of phenolic OH excluding ortho intramolecular Hbond substituents is 2. The van der Waals surface area contributed by atoms with E-state index in [4.69, 9.17) is 11.5 Å². The van der Waals surface area contributed by atoms with Crippen molar-refractivity contribution in [3.63, 3.8) is 0 Å². The fourth-order valence-electron chi connectivity index (χ4n) is 1.04. The summed E-state index contributed by atoms with van der Waals surface area (Å²) in [7, 11) is 0. The van der Waals surface area contributed by atoms with Crippen molar-refractivity contribution >= 4 is 17.2 Å². The molecule has 0 amide bonds. The molecule has 0 heterocycles. The summed E-state index contributed by atoms with van der Waals surface area (Å²) in [5.74, 6) is -1.35. The molecule has 0 saturated carbocycles. The normalized spacial score (nSPS) is 9.92. The number of ketones is 1. The van der Waals surface area contributed by atoms with Crippen molar-refractivity contribution in [3.05, 3.63) is 11.6 Å². The molecule has 0 spiro atoms. The third kappa shape index (κ3) is 1.35. The highest BCUT2D eigenvalue weighted by atomic mass is 16.3. The van der Waals surface area contributed by atoms with Gasteiger partial charge in [-0.15, -0.1) is 0 Å². The maximum Gasteiger partial charge on any atom is 0.167 e. The summed E-state index contributed by atoms with van der Waals surface area (Å²) < 4.78 is 0. The molecule has 0 atom stereocenters. The molecule has 0 aliphatic heterocycles. The maximum atomic E-state index is 11.0. The van der Waals surface area contributed by atoms with Gasteiger partial charge < -0.3 is 21.7 Å². The third-order valence-electron chi connectivity index (χ3n) is 1.68. The molecule has 0 aliphatic rings. The van der Waals surface area contributed by atoms with Crippen LogP contribution in [0.4, 0.5) is 11.4 Å². The van der Waals surface area contributed by atoms with Crippen LogP contribution in [-0.4, -0.2) is 16.0 Å². The Morgan fingerprint density at radius 3 is 1.92 bits per heavy atom. The summed E-state index contributed by atoms with van der Waals surface area (Å²) in [5.41, 5.74) is 10.4. The number of carbonyl (C=O) groups is 1. The molecule has 0 fully saturated rings. The van der Waals surface area contributed by atoms with Crippen LogP contribution in [-0.2, 0) is 0 Å². The van der Waals surface area contributed by atoms with Crippen LogP contribution in [0, 0.1) is 0 Å². The van der Waals surface area contributed by atoms with Gasteiger partial charge in [0.2, 0.25) is 0 Å². The average Bonchev–Trinajstić information content (AvgIpc) is 2.01. The number of hydrogen-bond acceptors (Lipinski definition) is 5. The van der Waals surface area contributed by atoms with Crippen LogP contribution in [0.5, 0.6) is 11.5 Å². The highest BCUT2D eigenvalue weighted by molar-refractivity contribution is 6.03. The van der Waals surface area contributed by atoms with Gasteiger partial charge in [0.25, 0.3) is 0 Å². The Kier molecular flexibility index (Phi) is 2.02. The minimum Gasteiger partial charge on any atom is -0.505 e. The first-order chi connectivity index (χ1) is 5.95. The molecule has 6 N–H and O–H groups in total. The molecule has 0 bridgehead atoms. The van der Waals surface area contributed by atoms with Crippen LogP contribution in [0.15, 0.2) is 6.07 Å². The number of hydrogen-bond donors (Lipinski definition) is 4. The Morgan fingerprint density at radius 1 is 1.23 bits per heavy atom. The van der Waals surface area contributed by atoms with Gasteiger partial charge in [-0.25, -0.2) is 0 Å². The van der Waals surface area contributed by atoms with Crippen molar-refractivity contribution < 1.29 is 15.0 Å². The van der Waals surface area contributed by atoms with Gasteiger partial charge in [-0.05, 0) is 13.0 Å². The van der Waals surface area contributed by atoms with E-state index in [-0.39, 0.29) is 16.9 Å². The summed E-state index contributed by atoms with van der Waals surface area (Å²) in [6.45, 7) is 1.20. The van der Waals surface area contributed by atoms with Gasteiger partial charge in [0.05, 0.1) is 11.4 Å². The topological polar surface area (TPSA) is 110 Å². The summed E-state index contributed by atoms with van der Waals surface area (Å²) in [5, 5.41) is 18.6. The van der Waals surface area contributed by atoms with Crippen molar-refractivity contribution in [2.75, 3.05) is 11.5 Å². The number of aromatic hydroxyl groups is 2. The number of nitrogens with two attached hydrogens (primary N) is 2. The van der Waals surface area contributed by atoms with Crippen LogP contribution < -0.4 is 11.5 Å². The second kappa shape index (κ2) is 2.85. The van der Waals surface area contributed by atoms with Gasteiger partial charge >= 0.3 is 0 Å². The SMILES string of the molecule is CC(=O)c1c(O)c(N)cc(N)c1O. The molecular formula is C8H10N2O3. The number of Topliss-reactive ketones (excluding diaryl/α,β-unsaturated/α-hetero) is 1. The molecule has 1 aromatic rings. The lowest BCUT2D eigenvalue weighted by Crippen LogP contribution is -2.00. The lowest BCUT2D eigenvalue weighted by molar-refractivity contribution is 0.101. The second-order valence-electron chi connectivity index (χ2n) is 2.68. The van der Waals surface area contributed by atoms with Crippen LogP contribution in [0.2, 0.25) is 0 Å². The van der Waals surface area contributed by atoms with E-state index >= 15 is 0 Å². The van der Waals surface area contributed by atoms with E-state index in [0.717, 1.165) is 0 Å². The molecule has 0 aliphatic carbocycles. The summed E-state index contributed by atoms with van der Waals surface area (Å²) in [6.07, 6.45) is 0. The van der Waals surface area contributed by atoms with E-state index in [1.165, 1.54) is 13.0 Å². The number of anilines is 2. The minimum atomic E-state index is -0.492. The highest BCUT2D eigenvalue weighted by Gasteiger charge is 2.17. The first-order valence-electron chi connectivity index (χ1n) is 3.56. The fraction of sp³-hybridized carbons (Fsp3) is 0.125. The molecule has 0 radical (unpaired) electrons. The second-order valence-corrected chi connectivity index (χ2v) is 2.68. The van der Waals surface area contributed by atoms with Gasteiger partial charge in [-0.3, -0.25) is 4.79 Å². The van der Waals surface area contributed by atoms with Gasteiger partial charge in [0.1, 0.15) is 5.56 Å². The van der Waals surface area contributed by atoms with E-state index in [1.807, 2.05) is 0 Å². The van der Waals surface area contributed by atoms with Crippen LogP contribution in [0.1, 0.15) is 17.3 Å². The summed E-state index contributed by atoms with van der Waals surface area (Å²) >= 11 is 0. The predicted molar refractivity (Wildman–Crippen MR) is 48.6 cm³/mol. The Labute approximate surface area is 74.6 Å². The van der Waals surface area contributed by atoms with Crippen molar-refractivity contribution in [2.24, 2.45) is 0 Å². The number of phenols is 2. The van der Waals surface area contributed by atoms with Crippen molar-refractivity contribution in [1.82, 2.24) is 0 Å². The van der Waals surface area contributed by atoms with Crippen molar-refractivity contribution in [3.8, 4) is 11.5 Å². The number of carbonyl (C=O) groups excluding carboxylic acids is 1. The van der Waals surface area contributed by atoms with Gasteiger partial charge in [0, 0.05) is 0 Å². The van der Waals surface area contributed by atoms with Crippen LogP contribution in [0.3, 0.4) is 0 Å². The number of benzene rings is 1. The van der Waals surface area contributed by atoms with Crippen molar-refractivity contribution in [2.45, 2.75) is 6.92 Å². The molecule has 13 heavy (non-hydrogen) atoms. The predicted octanol–water partition coefficient (Wildman–Crippen LogP) is 0.465. The molecule has 0 saturated heterocycles. The summed E-state index contributed by atoms with van der Waals surface area (Å²) in [6, 6.07) is 1.19. The highest BCUT2D eigenvalue weighted by Crippen LogP contribution is 2.37. The van der Waals surface area contributed by atoms with Gasteiger partial charge in [0.15, 0.2) is 17.3 Å². The van der Waals surface area contributed by atoms with Crippen LogP contribution in [0.25, 0.3) is 0 Å². The number of rotatable bonds is 1. The third-order valence-corrected chi connectivity index (χ3v) is 1.68. The van der Waals surface area contributed by atoms with E-state index in [9.17, 15) is 15.0 Å². The molecule has 0 aromatic heterocycles. The van der Waals surface area contributed by atoms with E-state index in [0.29, 0.717) is 0 Å². The Hall–Kier alpha value is -1.91. The Morgan fingerprint density at radius 2 is 1.62 bits per heavy atom. The Balaban J connectivity index is 3.56. The van der Waals surface area contributed by atoms with E-state index < -0.39 is 17.3 Å². The Bertz CT molecular complexity index is 348. The lowest BCUT2D eigenvalue weighted by atomic mass is 10.1. The largest absolute Gasteiger partial charge is 0.505 e. The van der Waals surface area contributed by atoms with E-state index in [1.54, 1.807) is 0 Å². The monoisotopic (exact) mass is 182 g/mol. The molecule has 1 rings (SSSR count). The van der Waals surface area contributed by atoms with Gasteiger partial charge in [-0.2, -0.15) is 0 Å². The van der Waals surface area contributed by atoms with Crippen LogP contribution >= 0.6 is 0 Å². The standard InChI is InChI=1S/C8H10N2O3/c1-3(11)6-7(12)4(9)2-5(10)8(6)13/h2,12-13H,9-10H2,1H3. The fourth-order valence-corrected chi connectivity index (χ4v) is 1.04. The van der Waals surface area contributed by atoms with E-state index in [2.05, 4.69) is 0 Å². The van der Waals surface area contributed by atoms with Gasteiger partial charge in [-0.1, -0.05) is 0 Å². The average molecular weight is 182 g/mol. The smallest absolute Gasteiger partial charge is 0.167 e. The zero-order valence-corrected chi connectivity index (χ0v) is 7.03. The molecule has 1 aromatic carbocycles. The van der Waals surface area contributed by atoms with Crippen molar-refractivity contribution in [1.29, 1.82) is 0 Å². The molecular weight excluding hydrogens is 172 g/mol.